The fourth-order valence-corrected chi connectivity index (χ4v) is 3.43. The van der Waals surface area contributed by atoms with Gasteiger partial charge < -0.3 is 4.74 Å². The van der Waals surface area contributed by atoms with Gasteiger partial charge in [0.1, 0.15) is 13.2 Å². The molecule has 166 valence electrons. The topological polar surface area (TPSA) is 77.7 Å². The quantitative estimate of drug-likeness (QED) is 0.316. The molecule has 0 aliphatic carbocycles. The molecule has 0 bridgehead atoms. The van der Waals surface area contributed by atoms with Crippen molar-refractivity contribution in [1.29, 1.82) is 0 Å². The molecule has 0 spiro atoms. The van der Waals surface area contributed by atoms with Gasteiger partial charge in [-0.25, -0.2) is 9.77 Å². The highest BCUT2D eigenvalue weighted by molar-refractivity contribution is 5.48. The van der Waals surface area contributed by atoms with E-state index in [0.717, 1.165) is 23.9 Å². The van der Waals surface area contributed by atoms with E-state index >= 15 is 0 Å². The molecule has 2 aromatic heterocycles. The number of nitrogens with zero attached hydrogens (tertiary/aromatic N) is 3. The summed E-state index contributed by atoms with van der Waals surface area (Å²) in [6, 6.07) is 8.02. The van der Waals surface area contributed by atoms with Crippen LogP contribution in [0.5, 0.6) is 5.88 Å². The van der Waals surface area contributed by atoms with Gasteiger partial charge in [-0.3, -0.25) is 4.90 Å². The molecule has 1 aliphatic rings. The highest BCUT2D eigenvalue weighted by Gasteiger charge is 2.28. The van der Waals surface area contributed by atoms with Gasteiger partial charge >= 0.3 is 0 Å². The molecule has 1 saturated heterocycles. The summed E-state index contributed by atoms with van der Waals surface area (Å²) in [5.41, 5.74) is 1.52. The molecule has 0 amide bonds. The summed E-state index contributed by atoms with van der Waals surface area (Å²) in [5.74, 6) is 6.60. The molecule has 0 aromatic carbocycles. The molecule has 1 fully saturated rings. The van der Waals surface area contributed by atoms with Crippen LogP contribution in [0.15, 0.2) is 30.5 Å². The van der Waals surface area contributed by atoms with Crippen LogP contribution in [0.2, 0.25) is 0 Å². The van der Waals surface area contributed by atoms with E-state index in [1.54, 1.807) is 6.92 Å². The largest absolute Gasteiger partial charge is 0.475 e. The zero-order valence-electron chi connectivity index (χ0n) is 18.3. The SMILES string of the molecule is CC#CCOOOO.CC(C)(C)C1CCN(CCOc2cc3ccccn3n2)CC1. The second-order valence-corrected chi connectivity index (χ2v) is 8.21. The van der Waals surface area contributed by atoms with Crippen molar-refractivity contribution >= 4 is 5.52 Å². The lowest BCUT2D eigenvalue weighted by atomic mass is 9.75. The van der Waals surface area contributed by atoms with Crippen LogP contribution in [0.1, 0.15) is 40.5 Å². The zero-order valence-corrected chi connectivity index (χ0v) is 18.3. The lowest BCUT2D eigenvalue weighted by Crippen LogP contribution is -2.39. The minimum Gasteiger partial charge on any atom is -0.475 e. The van der Waals surface area contributed by atoms with Crippen LogP contribution < -0.4 is 4.74 Å². The lowest BCUT2D eigenvalue weighted by molar-refractivity contribution is -0.620. The Kier molecular flexibility index (Phi) is 10.1. The average Bonchev–Trinajstić information content (AvgIpc) is 3.14. The van der Waals surface area contributed by atoms with Crippen molar-refractivity contribution in [1.82, 2.24) is 14.5 Å². The molecule has 3 heterocycles. The number of rotatable bonds is 7. The van der Waals surface area contributed by atoms with Gasteiger partial charge in [0.2, 0.25) is 5.88 Å². The second kappa shape index (κ2) is 12.5. The first-order valence-corrected chi connectivity index (χ1v) is 10.2. The number of hydrogen-bond acceptors (Lipinski definition) is 7. The highest BCUT2D eigenvalue weighted by Crippen LogP contribution is 2.34. The van der Waals surface area contributed by atoms with Gasteiger partial charge in [0.15, 0.2) is 0 Å². The third kappa shape index (κ3) is 8.30. The van der Waals surface area contributed by atoms with E-state index in [0.29, 0.717) is 12.0 Å². The fraction of sp³-hybridized carbons (Fsp3) is 0.591. The predicted molar refractivity (Wildman–Crippen MR) is 114 cm³/mol. The molecule has 0 atom stereocenters. The Hall–Kier alpha value is -2.15. The highest BCUT2D eigenvalue weighted by atomic mass is 17.6. The number of hydrogen-bond donors (Lipinski definition) is 1. The van der Waals surface area contributed by atoms with Crippen LogP contribution in [0.25, 0.3) is 5.52 Å². The molecular formula is C22H33N3O5. The van der Waals surface area contributed by atoms with Crippen LogP contribution >= 0.6 is 0 Å². The number of aromatic nitrogens is 2. The first kappa shape index (κ1) is 24.1. The van der Waals surface area contributed by atoms with Crippen molar-refractivity contribution in [3.63, 3.8) is 0 Å². The summed E-state index contributed by atoms with van der Waals surface area (Å²) in [7, 11) is 0. The number of piperidine rings is 1. The van der Waals surface area contributed by atoms with Crippen LogP contribution in [0.3, 0.4) is 0 Å². The smallest absolute Gasteiger partial charge is 0.233 e. The second-order valence-electron chi connectivity index (χ2n) is 8.21. The maximum absolute atomic E-state index is 7.47. The standard InChI is InChI=1S/C18H27N3O.C4H6O4/c1-18(2,3)15-7-10-20(11-8-15)12-13-22-17-14-16-6-4-5-9-21(16)19-17;1-2-3-4-6-8-7-5/h4-6,9,14-15H,7-8,10-13H2,1-3H3;5H,4H2,1H3. The monoisotopic (exact) mass is 419 g/mol. The lowest BCUT2D eigenvalue weighted by Gasteiger charge is -2.38. The minimum absolute atomic E-state index is 0.0804. The molecule has 2 aromatic rings. The molecule has 0 unspecified atom stereocenters. The van der Waals surface area contributed by atoms with Gasteiger partial charge in [-0.15, -0.1) is 11.0 Å². The van der Waals surface area contributed by atoms with Crippen molar-refractivity contribution in [3.05, 3.63) is 30.5 Å². The van der Waals surface area contributed by atoms with Crippen LogP contribution in [0, 0.1) is 23.2 Å². The first-order chi connectivity index (χ1) is 14.4. The molecule has 0 saturated carbocycles. The van der Waals surface area contributed by atoms with Gasteiger partial charge in [-0.1, -0.05) is 32.8 Å². The molecule has 1 N–H and O–H groups in total. The summed E-state index contributed by atoms with van der Waals surface area (Å²) in [6.45, 7) is 12.9. The van der Waals surface area contributed by atoms with E-state index in [1.807, 2.05) is 35.0 Å². The summed E-state index contributed by atoms with van der Waals surface area (Å²) in [4.78, 5) is 6.59. The van der Waals surface area contributed by atoms with Crippen LogP contribution in [-0.4, -0.2) is 52.6 Å². The Morgan fingerprint density at radius 2 is 2.00 bits per heavy atom. The van der Waals surface area contributed by atoms with Crippen LogP contribution in [0.4, 0.5) is 0 Å². The van der Waals surface area contributed by atoms with Gasteiger partial charge in [0.25, 0.3) is 0 Å². The van der Waals surface area contributed by atoms with Crippen molar-refractivity contribution < 1.29 is 25.0 Å². The molecule has 0 radical (unpaired) electrons. The van der Waals surface area contributed by atoms with Crippen molar-refractivity contribution in [3.8, 4) is 17.7 Å². The van der Waals surface area contributed by atoms with Crippen molar-refractivity contribution in [2.75, 3.05) is 32.8 Å². The molecule has 3 rings (SSSR count). The molecule has 30 heavy (non-hydrogen) atoms. The Balaban J connectivity index is 0.000000343. The fourth-order valence-electron chi connectivity index (χ4n) is 3.43. The predicted octanol–water partition coefficient (Wildman–Crippen LogP) is 3.83. The van der Waals surface area contributed by atoms with E-state index in [4.69, 9.17) is 9.99 Å². The number of likely N-dealkylation sites (tertiary alicyclic amines) is 1. The zero-order chi connectivity index (χ0) is 21.8. The van der Waals surface area contributed by atoms with E-state index in [1.165, 1.54) is 25.9 Å². The van der Waals surface area contributed by atoms with Gasteiger partial charge in [0, 0.05) is 18.8 Å². The van der Waals surface area contributed by atoms with Gasteiger partial charge in [-0.2, -0.15) is 4.89 Å². The summed E-state index contributed by atoms with van der Waals surface area (Å²) in [6.07, 6.45) is 4.55. The summed E-state index contributed by atoms with van der Waals surface area (Å²) >= 11 is 0. The number of pyridine rings is 1. The van der Waals surface area contributed by atoms with E-state index < -0.39 is 0 Å². The Morgan fingerprint density at radius 3 is 2.63 bits per heavy atom. The van der Waals surface area contributed by atoms with E-state index in [2.05, 4.69) is 57.6 Å². The number of ether oxygens (including phenoxy) is 1. The summed E-state index contributed by atoms with van der Waals surface area (Å²) in [5, 5.41) is 18.6. The molecular weight excluding hydrogens is 386 g/mol. The van der Waals surface area contributed by atoms with Gasteiger partial charge in [-0.05, 0) is 66.4 Å². The third-order valence-corrected chi connectivity index (χ3v) is 5.20. The first-order valence-electron chi connectivity index (χ1n) is 10.2. The Labute approximate surface area is 178 Å². The van der Waals surface area contributed by atoms with E-state index in [9.17, 15) is 0 Å². The van der Waals surface area contributed by atoms with Crippen LogP contribution in [-0.2, 0) is 15.0 Å². The van der Waals surface area contributed by atoms with Gasteiger partial charge in [0.05, 0.1) is 5.52 Å². The van der Waals surface area contributed by atoms with Crippen molar-refractivity contribution in [2.45, 2.75) is 40.5 Å². The Morgan fingerprint density at radius 1 is 1.23 bits per heavy atom. The molecule has 8 heteroatoms. The molecule has 1 aliphatic heterocycles. The minimum atomic E-state index is 0.0804. The molecule has 8 nitrogen and oxygen atoms in total. The maximum atomic E-state index is 7.47. The summed E-state index contributed by atoms with van der Waals surface area (Å²) < 4.78 is 7.67. The van der Waals surface area contributed by atoms with Crippen molar-refractivity contribution in [2.24, 2.45) is 11.3 Å². The normalized spacial score (nSPS) is 15.2. The number of fused-ring (bicyclic) bond motifs is 1. The van der Waals surface area contributed by atoms with E-state index in [-0.39, 0.29) is 6.61 Å². The Bertz CT molecular complexity index is 765. The third-order valence-electron chi connectivity index (χ3n) is 5.20. The average molecular weight is 420 g/mol. The maximum Gasteiger partial charge on any atom is 0.233 e.